The van der Waals surface area contributed by atoms with E-state index in [0.717, 1.165) is 4.31 Å². The number of methoxy groups -OCH3 is 4. The molecule has 0 spiro atoms. The summed E-state index contributed by atoms with van der Waals surface area (Å²) in [6.45, 7) is 0.811. The number of anilines is 1. The van der Waals surface area contributed by atoms with Gasteiger partial charge in [0.05, 0.1) is 39.0 Å². The van der Waals surface area contributed by atoms with Crippen LogP contribution in [0.5, 0.6) is 23.0 Å². The number of likely N-dealkylation sites (N-methyl/N-ethyl adjacent to an activating group) is 1. The molecule has 0 aliphatic carbocycles. The molecule has 226 valence electrons. The van der Waals surface area contributed by atoms with Crippen molar-refractivity contribution in [3.8, 4) is 23.0 Å². The van der Waals surface area contributed by atoms with Crippen LogP contribution in [0.15, 0.2) is 65.6 Å². The van der Waals surface area contributed by atoms with Crippen LogP contribution in [0.4, 0.5) is 5.69 Å². The molecule has 1 unspecified atom stereocenters. The van der Waals surface area contributed by atoms with Crippen LogP contribution in [0.25, 0.3) is 0 Å². The number of rotatable bonds is 13. The molecule has 2 amide bonds. The minimum absolute atomic E-state index is 0.0466. The monoisotopic (exact) mass is 619 g/mol. The van der Waals surface area contributed by atoms with Gasteiger partial charge < -0.3 is 29.2 Å². The van der Waals surface area contributed by atoms with E-state index in [1.54, 1.807) is 37.3 Å². The Kier molecular flexibility index (Phi) is 10.9. The van der Waals surface area contributed by atoms with Crippen molar-refractivity contribution < 1.29 is 37.0 Å². The van der Waals surface area contributed by atoms with Gasteiger partial charge in [0.2, 0.25) is 11.8 Å². The van der Waals surface area contributed by atoms with E-state index in [0.29, 0.717) is 22.1 Å². The molecular formula is C29H34ClN3O8S. The highest BCUT2D eigenvalue weighted by Crippen LogP contribution is 2.38. The number of halogens is 1. The van der Waals surface area contributed by atoms with Crippen LogP contribution in [-0.4, -0.2) is 73.2 Å². The van der Waals surface area contributed by atoms with Gasteiger partial charge in [0.1, 0.15) is 24.1 Å². The van der Waals surface area contributed by atoms with Crippen molar-refractivity contribution in [1.82, 2.24) is 10.2 Å². The molecule has 0 radical (unpaired) electrons. The van der Waals surface area contributed by atoms with Gasteiger partial charge in [-0.3, -0.25) is 13.9 Å². The van der Waals surface area contributed by atoms with E-state index < -0.39 is 34.4 Å². The molecule has 0 aliphatic rings. The Bertz CT molecular complexity index is 1530. The lowest BCUT2D eigenvalue weighted by atomic mass is 10.1. The average molecular weight is 620 g/mol. The lowest BCUT2D eigenvalue weighted by molar-refractivity contribution is -0.139. The molecule has 1 atom stereocenters. The maximum atomic E-state index is 14.3. The minimum Gasteiger partial charge on any atom is -0.497 e. The summed E-state index contributed by atoms with van der Waals surface area (Å²) in [6, 6.07) is 14.6. The van der Waals surface area contributed by atoms with Crippen molar-refractivity contribution >= 4 is 39.1 Å². The molecule has 3 rings (SSSR count). The van der Waals surface area contributed by atoms with Gasteiger partial charge in [-0.1, -0.05) is 29.8 Å². The van der Waals surface area contributed by atoms with Crippen molar-refractivity contribution in [3.05, 3.63) is 71.2 Å². The molecule has 0 aromatic heterocycles. The van der Waals surface area contributed by atoms with Crippen molar-refractivity contribution in [2.75, 3.05) is 46.3 Å². The third kappa shape index (κ3) is 7.00. The average Bonchev–Trinajstić information content (AvgIpc) is 3.01. The fourth-order valence-electron chi connectivity index (χ4n) is 4.21. The summed E-state index contributed by atoms with van der Waals surface area (Å²) in [4.78, 5) is 27.8. The van der Waals surface area contributed by atoms with Gasteiger partial charge in [0.15, 0.2) is 11.5 Å². The maximum absolute atomic E-state index is 14.3. The predicted octanol–water partition coefficient (Wildman–Crippen LogP) is 3.73. The molecule has 13 heteroatoms. The molecule has 3 aromatic carbocycles. The first-order valence-corrected chi connectivity index (χ1v) is 14.5. The number of nitrogens with one attached hydrogen (secondary N) is 1. The van der Waals surface area contributed by atoms with E-state index in [4.69, 9.17) is 30.5 Å². The van der Waals surface area contributed by atoms with Gasteiger partial charge in [0.25, 0.3) is 10.0 Å². The van der Waals surface area contributed by atoms with Crippen LogP contribution in [0.2, 0.25) is 5.02 Å². The molecule has 0 fully saturated rings. The number of carbonyl (C=O) groups excluding carboxylic acids is 2. The van der Waals surface area contributed by atoms with Gasteiger partial charge in [-0.15, -0.1) is 0 Å². The normalized spacial score (nSPS) is 11.7. The Hall–Kier alpha value is -4.16. The third-order valence-electron chi connectivity index (χ3n) is 6.59. The quantitative estimate of drug-likeness (QED) is 0.307. The van der Waals surface area contributed by atoms with Crippen LogP contribution < -0.4 is 28.6 Å². The zero-order chi connectivity index (χ0) is 31.0. The zero-order valence-corrected chi connectivity index (χ0v) is 25.8. The Morgan fingerprint density at radius 1 is 0.881 bits per heavy atom. The Labute approximate surface area is 250 Å². The Balaban J connectivity index is 2.18. The second-order valence-electron chi connectivity index (χ2n) is 8.97. The number of nitrogens with zero attached hydrogens (tertiary/aromatic N) is 2. The van der Waals surface area contributed by atoms with E-state index in [2.05, 4.69) is 5.32 Å². The van der Waals surface area contributed by atoms with Gasteiger partial charge >= 0.3 is 0 Å². The summed E-state index contributed by atoms with van der Waals surface area (Å²) in [6.07, 6.45) is 0. The molecule has 0 aliphatic heterocycles. The Morgan fingerprint density at radius 3 is 2.12 bits per heavy atom. The number of carbonyl (C=O) groups is 2. The summed E-state index contributed by atoms with van der Waals surface area (Å²) in [5.74, 6) is -0.106. The van der Waals surface area contributed by atoms with Crippen LogP contribution >= 0.6 is 11.6 Å². The second-order valence-corrected chi connectivity index (χ2v) is 11.2. The third-order valence-corrected chi connectivity index (χ3v) is 8.71. The molecule has 3 aromatic rings. The van der Waals surface area contributed by atoms with E-state index in [1.165, 1.54) is 70.7 Å². The van der Waals surface area contributed by atoms with E-state index in [-0.39, 0.29) is 28.6 Å². The highest BCUT2D eigenvalue weighted by atomic mass is 35.5. The van der Waals surface area contributed by atoms with Crippen LogP contribution in [0.3, 0.4) is 0 Å². The summed E-state index contributed by atoms with van der Waals surface area (Å²) >= 11 is 6.37. The number of sulfonamides is 1. The van der Waals surface area contributed by atoms with Gasteiger partial charge in [-0.2, -0.15) is 0 Å². The van der Waals surface area contributed by atoms with Crippen molar-refractivity contribution in [3.63, 3.8) is 0 Å². The lowest BCUT2D eigenvalue weighted by Crippen LogP contribution is -2.50. The molecule has 0 heterocycles. The fraction of sp³-hybridized carbons (Fsp3) is 0.310. The smallest absolute Gasteiger partial charge is 0.265 e. The molecule has 0 saturated carbocycles. The van der Waals surface area contributed by atoms with E-state index >= 15 is 0 Å². The van der Waals surface area contributed by atoms with Crippen LogP contribution in [-0.2, 0) is 26.2 Å². The van der Waals surface area contributed by atoms with E-state index in [1.807, 2.05) is 0 Å². The highest BCUT2D eigenvalue weighted by Gasteiger charge is 2.34. The lowest BCUT2D eigenvalue weighted by Gasteiger charge is -2.32. The van der Waals surface area contributed by atoms with E-state index in [9.17, 15) is 18.0 Å². The highest BCUT2D eigenvalue weighted by molar-refractivity contribution is 7.92. The standard InChI is InChI=1S/C29H34ClN3O8S/c1-19(29(35)31-2)32(17-20-9-7-8-10-23(20)30)28(34)18-33(24-15-21(38-3)11-13-25(24)39-4)42(36,37)22-12-14-26(40-5)27(16-22)41-6/h7-16,19H,17-18H2,1-6H3,(H,31,35). The fourth-order valence-corrected chi connectivity index (χ4v) is 5.84. The number of hydrogen-bond donors (Lipinski definition) is 1. The van der Waals surface area contributed by atoms with Crippen molar-refractivity contribution in [1.29, 1.82) is 0 Å². The molecule has 42 heavy (non-hydrogen) atoms. The molecule has 0 bridgehead atoms. The largest absolute Gasteiger partial charge is 0.497 e. The summed E-state index contributed by atoms with van der Waals surface area (Å²) < 4.78 is 50.8. The predicted molar refractivity (Wildman–Crippen MR) is 159 cm³/mol. The molecule has 0 saturated heterocycles. The minimum atomic E-state index is -4.44. The molecular weight excluding hydrogens is 586 g/mol. The van der Waals surface area contributed by atoms with Gasteiger partial charge in [-0.05, 0) is 42.8 Å². The first kappa shape index (κ1) is 32.4. The van der Waals surface area contributed by atoms with Crippen molar-refractivity contribution in [2.45, 2.75) is 24.4 Å². The van der Waals surface area contributed by atoms with Crippen LogP contribution in [0, 0.1) is 0 Å². The maximum Gasteiger partial charge on any atom is 0.265 e. The first-order valence-electron chi connectivity index (χ1n) is 12.7. The first-order chi connectivity index (χ1) is 20.0. The Morgan fingerprint density at radius 2 is 1.52 bits per heavy atom. The zero-order valence-electron chi connectivity index (χ0n) is 24.2. The second kappa shape index (κ2) is 14.1. The summed E-state index contributed by atoms with van der Waals surface area (Å²) in [7, 11) is 2.63. The summed E-state index contributed by atoms with van der Waals surface area (Å²) in [5.41, 5.74) is 0.627. The topological polar surface area (TPSA) is 124 Å². The summed E-state index contributed by atoms with van der Waals surface area (Å²) in [5, 5.41) is 2.93. The van der Waals surface area contributed by atoms with Gasteiger partial charge in [0, 0.05) is 30.7 Å². The molecule has 1 N–H and O–H groups in total. The SMILES string of the molecule is CNC(=O)C(C)N(Cc1ccccc1Cl)C(=O)CN(c1cc(OC)ccc1OC)S(=O)(=O)c1ccc(OC)c(OC)c1. The number of amides is 2. The van der Waals surface area contributed by atoms with Crippen molar-refractivity contribution in [2.24, 2.45) is 0 Å². The van der Waals surface area contributed by atoms with Crippen LogP contribution in [0.1, 0.15) is 12.5 Å². The van der Waals surface area contributed by atoms with Gasteiger partial charge in [-0.25, -0.2) is 8.42 Å². The molecule has 11 nitrogen and oxygen atoms in total. The number of benzene rings is 3. The number of ether oxygens (including phenoxy) is 4. The number of hydrogen-bond acceptors (Lipinski definition) is 8.